The summed E-state index contributed by atoms with van der Waals surface area (Å²) in [5.74, 6) is 1.32. The molecule has 6 heteroatoms. The molecule has 1 aromatic heterocycles. The van der Waals surface area contributed by atoms with Gasteiger partial charge in [0, 0.05) is 69.8 Å². The third-order valence-corrected chi connectivity index (χ3v) is 7.02. The summed E-state index contributed by atoms with van der Waals surface area (Å²) in [7, 11) is 0. The van der Waals surface area contributed by atoms with Gasteiger partial charge in [0.15, 0.2) is 0 Å². The number of piperazine rings is 1. The SMILES string of the molecule is O=C(c1cccnc1)N1CCCC(COc2ccc(CN3CCN(c4ccccc4)CC3)cc2)C1. The third-order valence-electron chi connectivity index (χ3n) is 7.02. The van der Waals surface area contributed by atoms with E-state index in [4.69, 9.17) is 4.74 Å². The van der Waals surface area contributed by atoms with Crippen LogP contribution in [0.3, 0.4) is 0 Å². The lowest BCUT2D eigenvalue weighted by Gasteiger charge is -2.36. The highest BCUT2D eigenvalue weighted by Gasteiger charge is 2.25. The molecule has 0 radical (unpaired) electrons. The van der Waals surface area contributed by atoms with E-state index >= 15 is 0 Å². The first-order valence-electron chi connectivity index (χ1n) is 12.7. The van der Waals surface area contributed by atoms with E-state index in [9.17, 15) is 4.79 Å². The summed E-state index contributed by atoms with van der Waals surface area (Å²) in [4.78, 5) is 23.7. The Kier molecular flexibility index (Phi) is 7.59. The van der Waals surface area contributed by atoms with Crippen LogP contribution < -0.4 is 9.64 Å². The van der Waals surface area contributed by atoms with Crippen molar-refractivity contribution < 1.29 is 9.53 Å². The van der Waals surface area contributed by atoms with E-state index in [0.29, 0.717) is 18.1 Å². The number of carbonyl (C=O) groups is 1. The second-order valence-electron chi connectivity index (χ2n) is 9.55. The highest BCUT2D eigenvalue weighted by molar-refractivity contribution is 5.93. The number of hydrogen-bond acceptors (Lipinski definition) is 5. The predicted octanol–water partition coefficient (Wildman–Crippen LogP) is 4.34. The molecule has 0 spiro atoms. The Hall–Kier alpha value is -3.38. The summed E-state index contributed by atoms with van der Waals surface area (Å²) in [5, 5.41) is 0. The van der Waals surface area contributed by atoms with E-state index in [-0.39, 0.29) is 5.91 Å². The standard InChI is InChI=1S/C29H34N4O2/c34-29(26-7-4-14-30-20-26)33-15-5-6-25(22-33)23-35-28-12-10-24(11-13-28)21-31-16-18-32(19-17-31)27-8-2-1-3-9-27/h1-4,7-14,20,25H,5-6,15-19,21-23H2. The molecule has 1 unspecified atom stereocenters. The highest BCUT2D eigenvalue weighted by Crippen LogP contribution is 2.22. The fourth-order valence-electron chi connectivity index (χ4n) is 5.02. The molecule has 2 saturated heterocycles. The molecule has 2 aromatic carbocycles. The van der Waals surface area contributed by atoms with Crippen molar-refractivity contribution in [1.29, 1.82) is 0 Å². The lowest BCUT2D eigenvalue weighted by molar-refractivity contribution is 0.0633. The van der Waals surface area contributed by atoms with Crippen molar-refractivity contribution in [3.63, 3.8) is 0 Å². The van der Waals surface area contributed by atoms with Crippen molar-refractivity contribution >= 4 is 11.6 Å². The van der Waals surface area contributed by atoms with Gasteiger partial charge < -0.3 is 14.5 Å². The number of carbonyl (C=O) groups excluding carboxylic acids is 1. The lowest BCUT2D eigenvalue weighted by Crippen LogP contribution is -2.45. The van der Waals surface area contributed by atoms with Gasteiger partial charge in [0.05, 0.1) is 12.2 Å². The van der Waals surface area contributed by atoms with Gasteiger partial charge in [-0.25, -0.2) is 0 Å². The summed E-state index contributed by atoms with van der Waals surface area (Å²) in [5.41, 5.74) is 3.29. The third kappa shape index (κ3) is 6.20. The Morgan fingerprint density at radius 3 is 2.46 bits per heavy atom. The van der Waals surface area contributed by atoms with Gasteiger partial charge >= 0.3 is 0 Å². The fraction of sp³-hybridized carbons (Fsp3) is 0.379. The molecule has 6 nitrogen and oxygen atoms in total. The molecule has 0 saturated carbocycles. The van der Waals surface area contributed by atoms with E-state index in [1.165, 1.54) is 11.3 Å². The monoisotopic (exact) mass is 470 g/mol. The van der Waals surface area contributed by atoms with E-state index in [1.54, 1.807) is 12.4 Å². The number of aromatic nitrogens is 1. The second-order valence-corrected chi connectivity index (χ2v) is 9.55. The van der Waals surface area contributed by atoms with Crippen LogP contribution in [0.15, 0.2) is 79.1 Å². The normalized spacial score (nSPS) is 18.9. The average Bonchev–Trinajstić information content (AvgIpc) is 2.94. The Labute approximate surface area is 208 Å². The minimum absolute atomic E-state index is 0.0664. The van der Waals surface area contributed by atoms with Crippen LogP contribution >= 0.6 is 0 Å². The molecule has 3 aromatic rings. The first kappa shape index (κ1) is 23.4. The number of likely N-dealkylation sites (tertiary alicyclic amines) is 1. The molecular formula is C29H34N4O2. The number of nitrogens with zero attached hydrogens (tertiary/aromatic N) is 4. The molecule has 3 heterocycles. The Balaban J connectivity index is 1.06. The van der Waals surface area contributed by atoms with Crippen molar-refractivity contribution in [2.24, 2.45) is 5.92 Å². The first-order chi connectivity index (χ1) is 17.2. The zero-order valence-electron chi connectivity index (χ0n) is 20.3. The van der Waals surface area contributed by atoms with Crippen molar-refractivity contribution in [3.05, 3.63) is 90.3 Å². The topological polar surface area (TPSA) is 48.9 Å². The molecule has 0 bridgehead atoms. The number of benzene rings is 2. The van der Waals surface area contributed by atoms with Crippen LogP contribution in [0, 0.1) is 5.92 Å². The summed E-state index contributed by atoms with van der Waals surface area (Å²) >= 11 is 0. The number of para-hydroxylation sites is 1. The fourth-order valence-corrected chi connectivity index (χ4v) is 5.02. The molecule has 2 fully saturated rings. The summed E-state index contributed by atoms with van der Waals surface area (Å²) in [6, 6.07) is 22.8. The Morgan fingerprint density at radius 1 is 0.914 bits per heavy atom. The van der Waals surface area contributed by atoms with Gasteiger partial charge in [-0.3, -0.25) is 14.7 Å². The molecule has 35 heavy (non-hydrogen) atoms. The van der Waals surface area contributed by atoms with Crippen LogP contribution in [0.1, 0.15) is 28.8 Å². The van der Waals surface area contributed by atoms with Gasteiger partial charge in [0.25, 0.3) is 5.91 Å². The van der Waals surface area contributed by atoms with Gasteiger partial charge in [-0.15, -0.1) is 0 Å². The molecule has 2 aliphatic heterocycles. The minimum Gasteiger partial charge on any atom is -0.493 e. The molecule has 0 aliphatic carbocycles. The maximum Gasteiger partial charge on any atom is 0.255 e. The molecule has 5 rings (SSSR count). The van der Waals surface area contributed by atoms with Crippen LogP contribution in [0.25, 0.3) is 0 Å². The number of anilines is 1. The van der Waals surface area contributed by atoms with Crippen molar-refractivity contribution in [2.45, 2.75) is 19.4 Å². The van der Waals surface area contributed by atoms with E-state index in [2.05, 4.69) is 69.4 Å². The molecule has 0 N–H and O–H groups in total. The van der Waals surface area contributed by atoms with Gasteiger partial charge in [-0.1, -0.05) is 30.3 Å². The maximum atomic E-state index is 12.7. The zero-order chi connectivity index (χ0) is 23.9. The first-order valence-corrected chi connectivity index (χ1v) is 12.7. The van der Waals surface area contributed by atoms with Crippen LogP contribution in [-0.2, 0) is 6.54 Å². The largest absolute Gasteiger partial charge is 0.493 e. The minimum atomic E-state index is 0.0664. The summed E-state index contributed by atoms with van der Waals surface area (Å²) in [6.07, 6.45) is 5.44. The lowest BCUT2D eigenvalue weighted by atomic mass is 9.98. The number of ether oxygens (including phenoxy) is 1. The molecule has 2 aliphatic rings. The zero-order valence-corrected chi connectivity index (χ0v) is 20.3. The van der Waals surface area contributed by atoms with Crippen LogP contribution in [0.2, 0.25) is 0 Å². The molecule has 182 valence electrons. The number of pyridine rings is 1. The van der Waals surface area contributed by atoms with Crippen LogP contribution in [0.4, 0.5) is 5.69 Å². The van der Waals surface area contributed by atoms with Crippen LogP contribution in [-0.4, -0.2) is 66.6 Å². The van der Waals surface area contributed by atoms with Gasteiger partial charge in [0.2, 0.25) is 0 Å². The molecular weight excluding hydrogens is 436 g/mol. The van der Waals surface area contributed by atoms with E-state index in [1.807, 2.05) is 17.0 Å². The number of rotatable bonds is 7. The predicted molar refractivity (Wildman–Crippen MR) is 139 cm³/mol. The molecule has 1 atom stereocenters. The maximum absolute atomic E-state index is 12.7. The van der Waals surface area contributed by atoms with Gasteiger partial charge in [-0.05, 0) is 54.8 Å². The average molecular weight is 471 g/mol. The quantitative estimate of drug-likeness (QED) is 0.514. The van der Waals surface area contributed by atoms with Gasteiger partial charge in [-0.2, -0.15) is 0 Å². The van der Waals surface area contributed by atoms with Gasteiger partial charge in [0.1, 0.15) is 5.75 Å². The van der Waals surface area contributed by atoms with Crippen molar-refractivity contribution in [3.8, 4) is 5.75 Å². The number of hydrogen-bond donors (Lipinski definition) is 0. The van der Waals surface area contributed by atoms with E-state index in [0.717, 1.165) is 64.4 Å². The van der Waals surface area contributed by atoms with Crippen molar-refractivity contribution in [1.82, 2.24) is 14.8 Å². The van der Waals surface area contributed by atoms with Crippen molar-refractivity contribution in [2.75, 3.05) is 50.8 Å². The van der Waals surface area contributed by atoms with E-state index < -0.39 is 0 Å². The van der Waals surface area contributed by atoms with Crippen LogP contribution in [0.5, 0.6) is 5.75 Å². The highest BCUT2D eigenvalue weighted by atomic mass is 16.5. The number of amides is 1. The Morgan fingerprint density at radius 2 is 1.71 bits per heavy atom. The second kappa shape index (κ2) is 11.4. The summed E-state index contributed by atoms with van der Waals surface area (Å²) < 4.78 is 6.12. The summed E-state index contributed by atoms with van der Waals surface area (Å²) in [6.45, 7) is 7.42. The smallest absolute Gasteiger partial charge is 0.255 e. The molecule has 1 amide bonds. The number of piperidine rings is 1. The Bertz CT molecular complexity index is 1070.